The van der Waals surface area contributed by atoms with Gasteiger partial charge in [-0.3, -0.25) is 4.90 Å². The molecule has 0 atom stereocenters. The lowest BCUT2D eigenvalue weighted by molar-refractivity contribution is 0.154. The molecule has 4 heteroatoms. The Labute approximate surface area is 97.0 Å². The second-order valence-corrected chi connectivity index (χ2v) is 4.48. The molecule has 0 bridgehead atoms. The molecule has 2 heterocycles. The highest BCUT2D eigenvalue weighted by Gasteiger charge is 2.20. The van der Waals surface area contributed by atoms with Crippen molar-refractivity contribution >= 4 is 0 Å². The van der Waals surface area contributed by atoms with Gasteiger partial charge in [0.15, 0.2) is 0 Å². The molecule has 1 fully saturated rings. The largest absolute Gasteiger partial charge is 0.364 e. The number of piperidine rings is 1. The van der Waals surface area contributed by atoms with E-state index in [0.29, 0.717) is 0 Å². The van der Waals surface area contributed by atoms with Gasteiger partial charge in [-0.25, -0.2) is 0 Å². The second-order valence-electron chi connectivity index (χ2n) is 4.48. The van der Waals surface area contributed by atoms with Gasteiger partial charge in [0.25, 0.3) is 0 Å². The zero-order valence-corrected chi connectivity index (χ0v) is 9.98. The normalized spacial score (nSPS) is 18.1. The van der Waals surface area contributed by atoms with Gasteiger partial charge in [0, 0.05) is 18.2 Å². The van der Waals surface area contributed by atoms with Crippen LogP contribution in [0.25, 0.3) is 0 Å². The Kier molecular flexibility index (Phi) is 4.36. The van der Waals surface area contributed by atoms with Crippen LogP contribution in [0, 0.1) is 0 Å². The van der Waals surface area contributed by atoms with Crippen LogP contribution in [-0.2, 0) is 6.54 Å². The van der Waals surface area contributed by atoms with E-state index < -0.39 is 0 Å². The van der Waals surface area contributed by atoms with Crippen molar-refractivity contribution < 1.29 is 4.52 Å². The van der Waals surface area contributed by atoms with E-state index in [9.17, 15) is 0 Å². The summed E-state index contributed by atoms with van der Waals surface area (Å²) in [5.74, 6) is 0. The third kappa shape index (κ3) is 3.06. The van der Waals surface area contributed by atoms with Gasteiger partial charge in [0.05, 0.1) is 6.20 Å². The summed E-state index contributed by atoms with van der Waals surface area (Å²) in [6, 6.07) is 0.719. The molecule has 0 amide bonds. The molecule has 0 radical (unpaired) electrons. The number of nitrogens with one attached hydrogen (secondary N) is 1. The van der Waals surface area contributed by atoms with E-state index in [-0.39, 0.29) is 0 Å². The highest BCUT2D eigenvalue weighted by atomic mass is 16.5. The number of rotatable bonds is 5. The summed E-state index contributed by atoms with van der Waals surface area (Å²) in [4.78, 5) is 2.56. The van der Waals surface area contributed by atoms with Crippen LogP contribution in [0.2, 0.25) is 0 Å². The molecule has 1 aliphatic heterocycles. The fraction of sp³-hybridized carbons (Fsp3) is 0.750. The van der Waals surface area contributed by atoms with E-state index in [2.05, 4.69) is 22.3 Å². The molecule has 0 aliphatic carbocycles. The summed E-state index contributed by atoms with van der Waals surface area (Å²) in [5, 5.41) is 7.18. The van der Waals surface area contributed by atoms with Crippen molar-refractivity contribution in [3.05, 3.63) is 18.0 Å². The highest BCUT2D eigenvalue weighted by molar-refractivity contribution is 5.00. The predicted octanol–water partition coefficient (Wildman–Crippen LogP) is 1.64. The number of aromatic nitrogens is 1. The Morgan fingerprint density at radius 3 is 2.94 bits per heavy atom. The zero-order chi connectivity index (χ0) is 11.2. The van der Waals surface area contributed by atoms with Gasteiger partial charge in [-0.05, 0) is 38.9 Å². The van der Waals surface area contributed by atoms with Crippen molar-refractivity contribution in [3.63, 3.8) is 0 Å². The minimum absolute atomic E-state index is 0.719. The van der Waals surface area contributed by atoms with Gasteiger partial charge >= 0.3 is 0 Å². The average Bonchev–Trinajstić information content (AvgIpc) is 2.83. The first kappa shape index (κ1) is 11.6. The van der Waals surface area contributed by atoms with Crippen LogP contribution < -0.4 is 5.32 Å². The molecule has 1 aromatic rings. The van der Waals surface area contributed by atoms with Crippen molar-refractivity contribution in [2.24, 2.45) is 0 Å². The number of hydrogen-bond donors (Lipinski definition) is 1. The molecular weight excluding hydrogens is 202 g/mol. The summed E-state index contributed by atoms with van der Waals surface area (Å²) in [7, 11) is 0. The van der Waals surface area contributed by atoms with Crippen molar-refractivity contribution in [1.82, 2.24) is 15.4 Å². The molecule has 0 saturated carbocycles. The summed E-state index contributed by atoms with van der Waals surface area (Å²) >= 11 is 0. The maximum absolute atomic E-state index is 4.89. The van der Waals surface area contributed by atoms with Crippen LogP contribution in [-0.4, -0.2) is 35.7 Å². The monoisotopic (exact) mass is 223 g/mol. The van der Waals surface area contributed by atoms with E-state index in [0.717, 1.165) is 32.2 Å². The standard InChI is InChI=1S/C12H21N3O/c1-2-7-15(9-11-8-14-16-10-11)12-3-5-13-6-4-12/h8,10,12-13H,2-7,9H2,1H3. The summed E-state index contributed by atoms with van der Waals surface area (Å²) in [6.07, 6.45) is 7.29. The fourth-order valence-electron chi connectivity index (χ4n) is 2.39. The van der Waals surface area contributed by atoms with Crippen LogP contribution in [0.1, 0.15) is 31.7 Å². The van der Waals surface area contributed by atoms with Gasteiger partial charge in [-0.2, -0.15) is 0 Å². The van der Waals surface area contributed by atoms with E-state index in [4.69, 9.17) is 4.52 Å². The first-order valence-corrected chi connectivity index (χ1v) is 6.23. The minimum atomic E-state index is 0.719. The lowest BCUT2D eigenvalue weighted by Crippen LogP contribution is -2.43. The Morgan fingerprint density at radius 2 is 2.31 bits per heavy atom. The fourth-order valence-corrected chi connectivity index (χ4v) is 2.39. The number of nitrogens with zero attached hydrogens (tertiary/aromatic N) is 2. The van der Waals surface area contributed by atoms with Gasteiger partial charge in [-0.15, -0.1) is 0 Å². The summed E-state index contributed by atoms with van der Waals surface area (Å²) in [6.45, 7) is 6.67. The Bertz CT molecular complexity index is 280. The Balaban J connectivity index is 1.92. The van der Waals surface area contributed by atoms with Crippen molar-refractivity contribution in [1.29, 1.82) is 0 Å². The van der Waals surface area contributed by atoms with Crippen LogP contribution in [0.3, 0.4) is 0 Å². The highest BCUT2D eigenvalue weighted by Crippen LogP contribution is 2.15. The van der Waals surface area contributed by atoms with Gasteiger partial charge in [-0.1, -0.05) is 12.1 Å². The quantitative estimate of drug-likeness (QED) is 0.824. The maximum Gasteiger partial charge on any atom is 0.128 e. The van der Waals surface area contributed by atoms with Gasteiger partial charge < -0.3 is 9.84 Å². The summed E-state index contributed by atoms with van der Waals surface area (Å²) in [5.41, 5.74) is 1.19. The van der Waals surface area contributed by atoms with E-state index in [1.165, 1.54) is 24.8 Å². The first-order chi connectivity index (χ1) is 7.90. The van der Waals surface area contributed by atoms with Crippen molar-refractivity contribution in [3.8, 4) is 0 Å². The third-order valence-electron chi connectivity index (χ3n) is 3.21. The van der Waals surface area contributed by atoms with Gasteiger partial charge in [0.1, 0.15) is 6.26 Å². The van der Waals surface area contributed by atoms with Crippen molar-refractivity contribution in [2.75, 3.05) is 19.6 Å². The van der Waals surface area contributed by atoms with Crippen LogP contribution in [0.15, 0.2) is 17.0 Å². The second kappa shape index (κ2) is 6.01. The molecule has 90 valence electrons. The molecule has 4 nitrogen and oxygen atoms in total. The topological polar surface area (TPSA) is 41.3 Å². The smallest absolute Gasteiger partial charge is 0.128 e. The minimum Gasteiger partial charge on any atom is -0.364 e. The molecule has 0 spiro atoms. The molecular formula is C12H21N3O. The average molecular weight is 223 g/mol. The molecule has 16 heavy (non-hydrogen) atoms. The van der Waals surface area contributed by atoms with Crippen molar-refractivity contribution in [2.45, 2.75) is 38.8 Å². The SMILES string of the molecule is CCCN(Cc1cnoc1)C1CCNCC1. The van der Waals surface area contributed by atoms with Crippen LogP contribution in [0.5, 0.6) is 0 Å². The molecule has 0 unspecified atom stereocenters. The van der Waals surface area contributed by atoms with E-state index in [1.54, 1.807) is 6.26 Å². The molecule has 0 aromatic carbocycles. The molecule has 1 N–H and O–H groups in total. The number of hydrogen-bond acceptors (Lipinski definition) is 4. The van der Waals surface area contributed by atoms with E-state index >= 15 is 0 Å². The molecule has 2 rings (SSSR count). The molecule has 1 aliphatic rings. The molecule has 1 aromatic heterocycles. The van der Waals surface area contributed by atoms with Crippen LogP contribution in [0.4, 0.5) is 0 Å². The lowest BCUT2D eigenvalue weighted by atomic mass is 10.0. The van der Waals surface area contributed by atoms with E-state index in [1.807, 2.05) is 6.20 Å². The van der Waals surface area contributed by atoms with Gasteiger partial charge in [0.2, 0.25) is 0 Å². The Hall–Kier alpha value is -0.870. The zero-order valence-electron chi connectivity index (χ0n) is 9.98. The molecule has 1 saturated heterocycles. The Morgan fingerprint density at radius 1 is 1.50 bits per heavy atom. The third-order valence-corrected chi connectivity index (χ3v) is 3.21. The first-order valence-electron chi connectivity index (χ1n) is 6.23. The maximum atomic E-state index is 4.89. The predicted molar refractivity (Wildman–Crippen MR) is 63.1 cm³/mol. The lowest BCUT2D eigenvalue weighted by Gasteiger charge is -2.34. The van der Waals surface area contributed by atoms with Crippen LogP contribution >= 0.6 is 0 Å². The summed E-state index contributed by atoms with van der Waals surface area (Å²) < 4.78 is 4.89.